The second kappa shape index (κ2) is 6.68. The number of amides is 2. The summed E-state index contributed by atoms with van der Waals surface area (Å²) in [6.45, 7) is 6.70. The van der Waals surface area contributed by atoms with E-state index in [0.717, 1.165) is 13.0 Å². The van der Waals surface area contributed by atoms with E-state index in [1.807, 2.05) is 4.90 Å². The molecule has 2 amide bonds. The van der Waals surface area contributed by atoms with Gasteiger partial charge in [0.05, 0.1) is 6.54 Å². The summed E-state index contributed by atoms with van der Waals surface area (Å²) in [5.41, 5.74) is 0. The summed E-state index contributed by atoms with van der Waals surface area (Å²) in [5, 5.41) is 2.91. The Hall–Kier alpha value is -1.39. The smallest absolute Gasteiger partial charge is 0.318 e. The first-order valence-electron chi connectivity index (χ1n) is 7.14. The zero-order valence-corrected chi connectivity index (χ0v) is 11.9. The molecule has 0 saturated carbocycles. The van der Waals surface area contributed by atoms with Crippen LogP contribution in [0.15, 0.2) is 12.0 Å². The molecule has 108 valence electrons. The Kier molecular flexibility index (Phi) is 4.93. The maximum Gasteiger partial charge on any atom is 0.318 e. The van der Waals surface area contributed by atoms with E-state index in [2.05, 4.69) is 19.2 Å². The van der Waals surface area contributed by atoms with Gasteiger partial charge < -0.3 is 19.7 Å². The quantitative estimate of drug-likeness (QED) is 0.834. The molecule has 1 fully saturated rings. The van der Waals surface area contributed by atoms with Gasteiger partial charge in [-0.1, -0.05) is 13.3 Å². The van der Waals surface area contributed by atoms with Gasteiger partial charge in [-0.15, -0.1) is 0 Å². The molecule has 2 atom stereocenters. The number of carbonyl (C=O) groups is 1. The minimum Gasteiger partial charge on any atom is -0.494 e. The van der Waals surface area contributed by atoms with Crippen LogP contribution in [0.5, 0.6) is 0 Å². The zero-order chi connectivity index (χ0) is 13.7. The normalized spacial score (nSPS) is 27.7. The van der Waals surface area contributed by atoms with Crippen molar-refractivity contribution in [1.82, 2.24) is 10.2 Å². The number of hydrogen-bond donors (Lipinski definition) is 1. The van der Waals surface area contributed by atoms with Gasteiger partial charge in [0.2, 0.25) is 0 Å². The number of ether oxygens (including phenoxy) is 2. The minimum atomic E-state index is -0.00340. The Morgan fingerprint density at radius 2 is 2.26 bits per heavy atom. The highest BCUT2D eigenvalue weighted by atomic mass is 16.6. The number of urea groups is 1. The molecule has 5 nitrogen and oxygen atoms in total. The second-order valence-electron chi connectivity index (χ2n) is 5.50. The van der Waals surface area contributed by atoms with Crippen LogP contribution in [0.4, 0.5) is 4.79 Å². The molecule has 2 rings (SSSR count). The predicted octanol–water partition coefficient (Wildman–Crippen LogP) is 2.09. The van der Waals surface area contributed by atoms with Crippen LogP contribution in [0.3, 0.4) is 0 Å². The highest BCUT2D eigenvalue weighted by Gasteiger charge is 2.25. The summed E-state index contributed by atoms with van der Waals surface area (Å²) in [5.74, 6) is 1.26. The Morgan fingerprint density at radius 3 is 3.00 bits per heavy atom. The van der Waals surface area contributed by atoms with Crippen molar-refractivity contribution in [1.29, 1.82) is 0 Å². The van der Waals surface area contributed by atoms with E-state index in [1.165, 1.54) is 12.8 Å². The number of likely N-dealkylation sites (tertiary alicyclic amines) is 1. The van der Waals surface area contributed by atoms with Crippen LogP contribution >= 0.6 is 0 Å². The lowest BCUT2D eigenvalue weighted by Gasteiger charge is -2.29. The lowest BCUT2D eigenvalue weighted by molar-refractivity contribution is 0.0808. The van der Waals surface area contributed by atoms with Gasteiger partial charge in [0.15, 0.2) is 0 Å². The lowest BCUT2D eigenvalue weighted by Crippen LogP contribution is -2.46. The topological polar surface area (TPSA) is 50.8 Å². The minimum absolute atomic E-state index is 0.00340. The lowest BCUT2D eigenvalue weighted by atomic mass is 10.1. The molecule has 0 aromatic heterocycles. The third kappa shape index (κ3) is 4.04. The number of carbonyl (C=O) groups excluding carboxylic acids is 1. The van der Waals surface area contributed by atoms with E-state index < -0.39 is 0 Å². The average Bonchev–Trinajstić information content (AvgIpc) is 2.59. The zero-order valence-electron chi connectivity index (χ0n) is 11.9. The highest BCUT2D eigenvalue weighted by Crippen LogP contribution is 2.20. The first kappa shape index (κ1) is 14.0. The standard InChI is InChI=1S/C14H24N2O3/c1-11-4-3-5-12(2)16(9-11)14(17)15-8-13-10-18-6-7-19-13/h10-12H,3-9H2,1-2H3,(H,15,17)/t11-,12+/m0/s1. The summed E-state index contributed by atoms with van der Waals surface area (Å²) >= 11 is 0. The van der Waals surface area contributed by atoms with Gasteiger partial charge in [0.1, 0.15) is 25.2 Å². The van der Waals surface area contributed by atoms with Crippen molar-refractivity contribution in [3.63, 3.8) is 0 Å². The van der Waals surface area contributed by atoms with E-state index in [4.69, 9.17) is 9.47 Å². The largest absolute Gasteiger partial charge is 0.494 e. The third-order valence-corrected chi connectivity index (χ3v) is 3.74. The van der Waals surface area contributed by atoms with Crippen LogP contribution in [0, 0.1) is 5.92 Å². The molecule has 0 aliphatic carbocycles. The van der Waals surface area contributed by atoms with Gasteiger partial charge in [-0.2, -0.15) is 0 Å². The fourth-order valence-electron chi connectivity index (χ4n) is 2.57. The molecular weight excluding hydrogens is 244 g/mol. The molecule has 5 heteroatoms. The fraction of sp³-hybridized carbons (Fsp3) is 0.786. The number of hydrogen-bond acceptors (Lipinski definition) is 3. The molecule has 0 spiro atoms. The van der Waals surface area contributed by atoms with Crippen LogP contribution in [0.1, 0.15) is 33.1 Å². The first-order chi connectivity index (χ1) is 9.16. The Labute approximate surface area is 114 Å². The van der Waals surface area contributed by atoms with Crippen molar-refractivity contribution in [3.05, 3.63) is 12.0 Å². The number of nitrogens with zero attached hydrogens (tertiary/aromatic N) is 1. The van der Waals surface area contributed by atoms with Crippen LogP contribution < -0.4 is 5.32 Å². The van der Waals surface area contributed by atoms with E-state index in [-0.39, 0.29) is 6.03 Å². The summed E-state index contributed by atoms with van der Waals surface area (Å²) in [7, 11) is 0. The molecular formula is C14H24N2O3. The SMILES string of the molecule is C[C@H]1CCC[C@@H](C)N(C(=O)NCC2=COCCO2)C1. The monoisotopic (exact) mass is 268 g/mol. The molecule has 0 radical (unpaired) electrons. The van der Waals surface area contributed by atoms with Crippen molar-refractivity contribution in [2.45, 2.75) is 39.2 Å². The van der Waals surface area contributed by atoms with Crippen LogP contribution in [-0.4, -0.2) is 43.3 Å². The van der Waals surface area contributed by atoms with Gasteiger partial charge in [-0.25, -0.2) is 4.79 Å². The van der Waals surface area contributed by atoms with E-state index in [9.17, 15) is 4.79 Å². The maximum absolute atomic E-state index is 12.2. The molecule has 2 aliphatic rings. The van der Waals surface area contributed by atoms with Crippen LogP contribution in [0.2, 0.25) is 0 Å². The summed E-state index contributed by atoms with van der Waals surface area (Å²) < 4.78 is 10.6. The van der Waals surface area contributed by atoms with Crippen molar-refractivity contribution in [2.24, 2.45) is 5.92 Å². The molecule has 2 aliphatic heterocycles. The predicted molar refractivity (Wildman–Crippen MR) is 72.6 cm³/mol. The third-order valence-electron chi connectivity index (χ3n) is 3.74. The summed E-state index contributed by atoms with van der Waals surface area (Å²) in [6, 6.07) is 0.304. The van der Waals surface area contributed by atoms with Crippen molar-refractivity contribution in [2.75, 3.05) is 26.3 Å². The molecule has 0 bridgehead atoms. The Bertz CT molecular complexity index is 344. The molecule has 0 aromatic rings. The Balaban J connectivity index is 1.85. The highest BCUT2D eigenvalue weighted by molar-refractivity contribution is 5.74. The van der Waals surface area contributed by atoms with E-state index in [1.54, 1.807) is 6.26 Å². The summed E-state index contributed by atoms with van der Waals surface area (Å²) in [6.07, 6.45) is 5.07. The number of rotatable bonds is 2. The first-order valence-corrected chi connectivity index (χ1v) is 7.14. The van der Waals surface area contributed by atoms with E-state index in [0.29, 0.717) is 37.5 Å². The molecule has 19 heavy (non-hydrogen) atoms. The van der Waals surface area contributed by atoms with Gasteiger partial charge in [-0.3, -0.25) is 0 Å². The van der Waals surface area contributed by atoms with Gasteiger partial charge in [0.25, 0.3) is 0 Å². The average molecular weight is 268 g/mol. The molecule has 2 heterocycles. The van der Waals surface area contributed by atoms with Crippen molar-refractivity contribution >= 4 is 6.03 Å². The molecule has 0 unspecified atom stereocenters. The fourth-order valence-corrected chi connectivity index (χ4v) is 2.57. The van der Waals surface area contributed by atoms with Crippen molar-refractivity contribution in [3.8, 4) is 0 Å². The second-order valence-corrected chi connectivity index (χ2v) is 5.50. The maximum atomic E-state index is 12.2. The van der Waals surface area contributed by atoms with Gasteiger partial charge >= 0.3 is 6.03 Å². The molecule has 1 N–H and O–H groups in total. The van der Waals surface area contributed by atoms with E-state index >= 15 is 0 Å². The molecule has 1 saturated heterocycles. The van der Waals surface area contributed by atoms with Crippen LogP contribution in [0.25, 0.3) is 0 Å². The van der Waals surface area contributed by atoms with Crippen LogP contribution in [-0.2, 0) is 9.47 Å². The molecule has 0 aromatic carbocycles. The van der Waals surface area contributed by atoms with Gasteiger partial charge in [0, 0.05) is 12.6 Å². The summed E-state index contributed by atoms with van der Waals surface area (Å²) in [4.78, 5) is 14.2. The number of nitrogens with one attached hydrogen (secondary N) is 1. The van der Waals surface area contributed by atoms with Gasteiger partial charge in [-0.05, 0) is 25.7 Å². The Morgan fingerprint density at radius 1 is 1.42 bits per heavy atom. The van der Waals surface area contributed by atoms with Crippen molar-refractivity contribution < 1.29 is 14.3 Å².